The van der Waals surface area contributed by atoms with Gasteiger partial charge in [-0.3, -0.25) is 14.4 Å². The number of rotatable bonds is 10. The van der Waals surface area contributed by atoms with E-state index in [0.29, 0.717) is 22.7 Å². The number of methoxy groups -OCH3 is 2. The van der Waals surface area contributed by atoms with E-state index in [9.17, 15) is 24.0 Å². The molecular formula is C27H29N3O9. The molecule has 0 aliphatic carbocycles. The molecule has 12 heteroatoms. The molecule has 39 heavy (non-hydrogen) atoms. The average molecular weight is 540 g/mol. The number of benzene rings is 1. The van der Waals surface area contributed by atoms with Gasteiger partial charge < -0.3 is 34.2 Å². The van der Waals surface area contributed by atoms with Crippen LogP contribution >= 0.6 is 0 Å². The minimum absolute atomic E-state index is 0.105. The highest BCUT2D eigenvalue weighted by Gasteiger charge is 2.37. The van der Waals surface area contributed by atoms with E-state index in [0.717, 1.165) is 0 Å². The van der Waals surface area contributed by atoms with Crippen LogP contribution in [0.25, 0.3) is 6.08 Å². The van der Waals surface area contributed by atoms with Gasteiger partial charge in [0.05, 0.1) is 43.6 Å². The fourth-order valence-corrected chi connectivity index (χ4v) is 3.73. The molecule has 0 radical (unpaired) electrons. The number of carbonyl (C=O) groups is 5. The van der Waals surface area contributed by atoms with Gasteiger partial charge in [0.25, 0.3) is 5.91 Å². The maximum atomic E-state index is 13.0. The first-order valence-electron chi connectivity index (χ1n) is 12.0. The van der Waals surface area contributed by atoms with Gasteiger partial charge in [0, 0.05) is 25.0 Å². The SMILES string of the molecule is CCOC(=O)c1ccc(NC(=O)C(=O)NCc2ccc(/C=C3/C(=O)N(CCOC)C(C)=C3C(=O)OC)o2)cc1. The van der Waals surface area contributed by atoms with Crippen molar-refractivity contribution in [3.8, 4) is 0 Å². The molecule has 3 rings (SSSR count). The lowest BCUT2D eigenvalue weighted by atomic mass is 10.1. The van der Waals surface area contributed by atoms with Crippen LogP contribution in [0.2, 0.25) is 0 Å². The standard InChI is InChI=1S/C27H29N3O9/c1-5-38-26(34)17-6-8-18(9-7-17)29-24(32)23(31)28-15-20-11-10-19(39-20)14-21-22(27(35)37-4)16(2)30(25(21)33)12-13-36-3/h6-11,14H,5,12-13,15H2,1-4H3,(H,28,31)(H,29,32)/b21-14+. The predicted octanol–water partition coefficient (Wildman–Crippen LogP) is 2.03. The fourth-order valence-electron chi connectivity index (χ4n) is 3.73. The normalized spacial score (nSPS) is 14.0. The van der Waals surface area contributed by atoms with Crippen molar-refractivity contribution < 1.29 is 42.6 Å². The monoisotopic (exact) mass is 539 g/mol. The maximum absolute atomic E-state index is 13.0. The summed E-state index contributed by atoms with van der Waals surface area (Å²) in [6, 6.07) is 9.02. The summed E-state index contributed by atoms with van der Waals surface area (Å²) in [5, 5.41) is 4.88. The summed E-state index contributed by atoms with van der Waals surface area (Å²) >= 11 is 0. The Bertz CT molecular complexity index is 1320. The molecule has 3 amide bonds. The summed E-state index contributed by atoms with van der Waals surface area (Å²) in [6.45, 7) is 4.00. The van der Waals surface area contributed by atoms with Gasteiger partial charge in [-0.1, -0.05) is 0 Å². The Morgan fingerprint density at radius 2 is 1.72 bits per heavy atom. The van der Waals surface area contributed by atoms with Crippen molar-refractivity contribution in [3.63, 3.8) is 0 Å². The van der Waals surface area contributed by atoms with Gasteiger partial charge in [-0.05, 0) is 56.3 Å². The van der Waals surface area contributed by atoms with E-state index in [1.807, 2.05) is 0 Å². The number of nitrogens with one attached hydrogen (secondary N) is 2. The molecule has 0 saturated carbocycles. The van der Waals surface area contributed by atoms with Gasteiger partial charge in [-0.2, -0.15) is 0 Å². The van der Waals surface area contributed by atoms with Crippen LogP contribution in [0.15, 0.2) is 57.7 Å². The highest BCUT2D eigenvalue weighted by Crippen LogP contribution is 2.31. The van der Waals surface area contributed by atoms with E-state index in [1.165, 1.54) is 49.5 Å². The average Bonchev–Trinajstić information content (AvgIpc) is 3.47. The van der Waals surface area contributed by atoms with Crippen LogP contribution in [0.3, 0.4) is 0 Å². The molecule has 1 aromatic heterocycles. The number of nitrogens with zero attached hydrogens (tertiary/aromatic N) is 1. The van der Waals surface area contributed by atoms with Crippen LogP contribution in [-0.4, -0.2) is 68.5 Å². The molecule has 2 aromatic rings. The molecule has 0 unspecified atom stereocenters. The van der Waals surface area contributed by atoms with E-state index >= 15 is 0 Å². The van der Waals surface area contributed by atoms with Gasteiger partial charge in [-0.15, -0.1) is 0 Å². The molecule has 1 aliphatic rings. The fraction of sp³-hybridized carbons (Fsp3) is 0.296. The van der Waals surface area contributed by atoms with E-state index in [-0.39, 0.29) is 43.2 Å². The maximum Gasteiger partial charge on any atom is 0.340 e. The van der Waals surface area contributed by atoms with Gasteiger partial charge >= 0.3 is 23.8 Å². The first kappa shape index (κ1) is 28.9. The molecule has 0 saturated heterocycles. The quantitative estimate of drug-likeness (QED) is 0.262. The van der Waals surface area contributed by atoms with Crippen LogP contribution in [0.5, 0.6) is 0 Å². The van der Waals surface area contributed by atoms with Gasteiger partial charge in [0.15, 0.2) is 0 Å². The second-order valence-corrected chi connectivity index (χ2v) is 8.20. The summed E-state index contributed by atoms with van der Waals surface area (Å²) < 4.78 is 20.5. The molecule has 206 valence electrons. The molecular weight excluding hydrogens is 510 g/mol. The highest BCUT2D eigenvalue weighted by molar-refractivity contribution is 6.39. The largest absolute Gasteiger partial charge is 0.465 e. The Balaban J connectivity index is 1.63. The van der Waals surface area contributed by atoms with Crippen molar-refractivity contribution in [1.29, 1.82) is 0 Å². The van der Waals surface area contributed by atoms with E-state index in [4.69, 9.17) is 18.6 Å². The zero-order valence-electron chi connectivity index (χ0n) is 22.0. The third-order valence-electron chi connectivity index (χ3n) is 5.67. The first-order valence-corrected chi connectivity index (χ1v) is 12.0. The molecule has 2 heterocycles. The number of ether oxygens (including phenoxy) is 3. The lowest BCUT2D eigenvalue weighted by molar-refractivity contribution is -0.136. The van der Waals surface area contributed by atoms with Crippen molar-refractivity contribution in [2.75, 3.05) is 39.3 Å². The van der Waals surface area contributed by atoms with Gasteiger partial charge in [0.2, 0.25) is 0 Å². The number of anilines is 1. The Morgan fingerprint density at radius 3 is 2.36 bits per heavy atom. The summed E-state index contributed by atoms with van der Waals surface area (Å²) in [5.74, 6) is -2.80. The first-order chi connectivity index (χ1) is 18.7. The molecule has 1 aromatic carbocycles. The molecule has 0 fully saturated rings. The third kappa shape index (κ3) is 6.99. The zero-order valence-corrected chi connectivity index (χ0v) is 22.0. The third-order valence-corrected chi connectivity index (χ3v) is 5.67. The predicted molar refractivity (Wildman–Crippen MR) is 138 cm³/mol. The number of amides is 3. The van der Waals surface area contributed by atoms with Crippen molar-refractivity contribution in [2.45, 2.75) is 20.4 Å². The van der Waals surface area contributed by atoms with Crippen molar-refractivity contribution in [3.05, 3.63) is 70.3 Å². The lowest BCUT2D eigenvalue weighted by Crippen LogP contribution is -2.34. The molecule has 12 nitrogen and oxygen atoms in total. The van der Waals surface area contributed by atoms with Crippen LogP contribution in [0, 0.1) is 0 Å². The highest BCUT2D eigenvalue weighted by atomic mass is 16.5. The van der Waals surface area contributed by atoms with Crippen LogP contribution in [-0.2, 0) is 39.9 Å². The summed E-state index contributed by atoms with van der Waals surface area (Å²) in [7, 11) is 2.74. The molecule has 0 bridgehead atoms. The minimum atomic E-state index is -0.913. The number of carbonyl (C=O) groups excluding carboxylic acids is 5. The second-order valence-electron chi connectivity index (χ2n) is 8.20. The van der Waals surface area contributed by atoms with Crippen LogP contribution in [0.1, 0.15) is 35.7 Å². The lowest BCUT2D eigenvalue weighted by Gasteiger charge is -2.16. The van der Waals surface area contributed by atoms with Crippen molar-refractivity contribution in [2.24, 2.45) is 0 Å². The van der Waals surface area contributed by atoms with E-state index < -0.39 is 29.7 Å². The summed E-state index contributed by atoms with van der Waals surface area (Å²) in [4.78, 5) is 63.0. The number of hydrogen-bond acceptors (Lipinski definition) is 9. The Kier molecular flexibility index (Phi) is 9.76. The summed E-state index contributed by atoms with van der Waals surface area (Å²) in [6.07, 6.45) is 1.42. The Morgan fingerprint density at radius 1 is 1.00 bits per heavy atom. The van der Waals surface area contributed by atoms with Gasteiger partial charge in [-0.25, -0.2) is 9.59 Å². The number of esters is 2. The number of hydrogen-bond donors (Lipinski definition) is 2. The molecule has 0 spiro atoms. The minimum Gasteiger partial charge on any atom is -0.465 e. The summed E-state index contributed by atoms with van der Waals surface area (Å²) in [5.41, 5.74) is 1.30. The molecule has 0 atom stereocenters. The Labute approximate surface area is 224 Å². The zero-order chi connectivity index (χ0) is 28.5. The Hall–Kier alpha value is -4.71. The van der Waals surface area contributed by atoms with E-state index in [1.54, 1.807) is 26.0 Å². The topological polar surface area (TPSA) is 153 Å². The van der Waals surface area contributed by atoms with Gasteiger partial charge in [0.1, 0.15) is 11.5 Å². The van der Waals surface area contributed by atoms with Crippen LogP contribution in [0.4, 0.5) is 5.69 Å². The molecule has 2 N–H and O–H groups in total. The van der Waals surface area contributed by atoms with E-state index in [2.05, 4.69) is 10.6 Å². The molecule has 1 aliphatic heterocycles. The van der Waals surface area contributed by atoms with Crippen molar-refractivity contribution >= 4 is 41.4 Å². The smallest absolute Gasteiger partial charge is 0.340 e. The number of allylic oxidation sites excluding steroid dienone is 1. The number of furan rings is 1. The van der Waals surface area contributed by atoms with Crippen LogP contribution < -0.4 is 10.6 Å². The van der Waals surface area contributed by atoms with Crippen molar-refractivity contribution in [1.82, 2.24) is 10.2 Å². The second kappa shape index (κ2) is 13.2.